The molecular formula is C49H96O4. The van der Waals surface area contributed by atoms with Crippen LogP contribution in [0.2, 0.25) is 0 Å². The molecule has 0 aliphatic rings. The van der Waals surface area contributed by atoms with Crippen LogP contribution in [0.5, 0.6) is 0 Å². The topological polar surface area (TPSA) is 52.6 Å². The molecule has 0 bridgehead atoms. The quantitative estimate of drug-likeness (QED) is 0.0590. The fraction of sp³-hybridized carbons (Fsp3) is 0.959. The summed E-state index contributed by atoms with van der Waals surface area (Å²) >= 11 is 0. The van der Waals surface area contributed by atoms with Crippen LogP contribution in [0.15, 0.2) is 0 Å². The first-order chi connectivity index (χ1) is 24.3. The average molecular weight is 749 g/mol. The van der Waals surface area contributed by atoms with E-state index in [0.29, 0.717) is 47.7 Å². The highest BCUT2D eigenvalue weighted by molar-refractivity contribution is 5.73. The smallest absolute Gasteiger partial charge is 0.309 e. The maximum absolute atomic E-state index is 13.2. The minimum Gasteiger partial charge on any atom is -0.465 e. The fourth-order valence-corrected chi connectivity index (χ4v) is 9.06. The van der Waals surface area contributed by atoms with Crippen LogP contribution in [0.1, 0.15) is 233 Å². The van der Waals surface area contributed by atoms with Crippen LogP contribution in [0.4, 0.5) is 0 Å². The monoisotopic (exact) mass is 749 g/mol. The summed E-state index contributed by atoms with van der Waals surface area (Å²) in [6.07, 6.45) is 21.6. The van der Waals surface area contributed by atoms with Gasteiger partial charge < -0.3 is 9.47 Å². The van der Waals surface area contributed by atoms with E-state index < -0.39 is 0 Å². The van der Waals surface area contributed by atoms with E-state index in [1.165, 1.54) is 57.8 Å². The second-order valence-electron chi connectivity index (χ2n) is 22.8. The van der Waals surface area contributed by atoms with Crippen molar-refractivity contribution in [3.63, 3.8) is 0 Å². The normalized spacial score (nSPS) is 16.5. The zero-order valence-corrected chi connectivity index (χ0v) is 38.9. The Morgan fingerprint density at radius 1 is 0.377 bits per heavy atom. The number of carbonyl (C=O) groups excluding carboxylic acids is 2. The molecule has 0 aromatic rings. The van der Waals surface area contributed by atoms with Gasteiger partial charge in [-0.1, -0.05) is 169 Å². The van der Waals surface area contributed by atoms with Crippen LogP contribution in [0.3, 0.4) is 0 Å². The van der Waals surface area contributed by atoms with Crippen molar-refractivity contribution in [2.75, 3.05) is 13.2 Å². The molecule has 0 saturated heterocycles. The molecule has 0 aromatic carbocycles. The molecule has 6 atom stereocenters. The molecule has 0 fully saturated rings. The number of hydrogen-bond donors (Lipinski definition) is 0. The molecule has 0 amide bonds. The van der Waals surface area contributed by atoms with Gasteiger partial charge in [0, 0.05) is 0 Å². The fourth-order valence-electron chi connectivity index (χ4n) is 9.06. The van der Waals surface area contributed by atoms with Gasteiger partial charge in [-0.15, -0.1) is 0 Å². The zero-order valence-electron chi connectivity index (χ0n) is 38.9. The van der Waals surface area contributed by atoms with Crippen LogP contribution < -0.4 is 0 Å². The standard InChI is InChI=1S/C49H96O4/c1-38(34-46(5,6)7)28-30-42(40(3)36-48(11,12)13)44(50)52-32-26-24-22-20-18-17-19-21-23-25-27-33-53-45(51)43(41(4)37-49(14,15)16)31-29-39(2)35-47(8,9)10/h38-43H,17-37H2,1-16H3. The van der Waals surface area contributed by atoms with Crippen molar-refractivity contribution in [2.45, 2.75) is 233 Å². The second-order valence-corrected chi connectivity index (χ2v) is 22.8. The molecule has 0 aliphatic carbocycles. The number of carbonyl (C=O) groups is 2. The van der Waals surface area contributed by atoms with Crippen molar-refractivity contribution >= 4 is 11.9 Å². The molecule has 53 heavy (non-hydrogen) atoms. The van der Waals surface area contributed by atoms with Gasteiger partial charge >= 0.3 is 11.9 Å². The predicted molar refractivity (Wildman–Crippen MR) is 231 cm³/mol. The van der Waals surface area contributed by atoms with E-state index in [1.54, 1.807) is 0 Å². The summed E-state index contributed by atoms with van der Waals surface area (Å²) in [5, 5.41) is 0. The van der Waals surface area contributed by atoms with Crippen LogP contribution in [0.25, 0.3) is 0 Å². The molecule has 0 spiro atoms. The molecule has 0 N–H and O–H groups in total. The molecule has 0 aliphatic heterocycles. The van der Waals surface area contributed by atoms with Gasteiger partial charge in [-0.2, -0.15) is 0 Å². The Morgan fingerprint density at radius 2 is 0.623 bits per heavy atom. The summed E-state index contributed by atoms with van der Waals surface area (Å²) in [5.41, 5.74) is 1.08. The maximum atomic E-state index is 13.2. The lowest BCUT2D eigenvalue weighted by molar-refractivity contribution is -0.152. The lowest BCUT2D eigenvalue weighted by Crippen LogP contribution is -2.28. The van der Waals surface area contributed by atoms with Gasteiger partial charge in [-0.25, -0.2) is 0 Å². The van der Waals surface area contributed by atoms with Crippen molar-refractivity contribution in [1.82, 2.24) is 0 Å². The first-order valence-corrected chi connectivity index (χ1v) is 22.6. The molecule has 4 nitrogen and oxygen atoms in total. The summed E-state index contributed by atoms with van der Waals surface area (Å²) < 4.78 is 11.8. The molecule has 0 rings (SSSR count). The number of unbranched alkanes of at least 4 members (excludes halogenated alkanes) is 10. The molecule has 316 valence electrons. The van der Waals surface area contributed by atoms with Crippen molar-refractivity contribution in [3.05, 3.63) is 0 Å². The highest BCUT2D eigenvalue weighted by atomic mass is 16.5. The third-order valence-corrected chi connectivity index (χ3v) is 11.0. The Balaban J connectivity index is 4.27. The third-order valence-electron chi connectivity index (χ3n) is 11.0. The highest BCUT2D eigenvalue weighted by Gasteiger charge is 2.32. The van der Waals surface area contributed by atoms with Crippen molar-refractivity contribution in [1.29, 1.82) is 0 Å². The van der Waals surface area contributed by atoms with Gasteiger partial charge in [-0.05, 0) is 110 Å². The first kappa shape index (κ1) is 51.9. The summed E-state index contributed by atoms with van der Waals surface area (Å²) in [6.45, 7) is 37.8. The molecule has 0 aromatic heterocycles. The minimum atomic E-state index is 0.00787. The molecule has 6 unspecified atom stereocenters. The van der Waals surface area contributed by atoms with Crippen LogP contribution in [-0.4, -0.2) is 25.2 Å². The van der Waals surface area contributed by atoms with E-state index in [1.807, 2.05) is 0 Å². The molecule has 0 heterocycles. The van der Waals surface area contributed by atoms with Crippen molar-refractivity contribution in [3.8, 4) is 0 Å². The maximum Gasteiger partial charge on any atom is 0.309 e. The number of ether oxygens (including phenoxy) is 2. The summed E-state index contributed by atoms with van der Waals surface area (Å²) in [4.78, 5) is 26.5. The van der Waals surface area contributed by atoms with E-state index in [2.05, 4.69) is 111 Å². The minimum absolute atomic E-state index is 0.00787. The van der Waals surface area contributed by atoms with Gasteiger partial charge in [0.1, 0.15) is 0 Å². The summed E-state index contributed by atoms with van der Waals surface area (Å²) in [5.74, 6) is 2.02. The Hall–Kier alpha value is -1.06. The Morgan fingerprint density at radius 3 is 0.868 bits per heavy atom. The van der Waals surface area contributed by atoms with Gasteiger partial charge in [0.25, 0.3) is 0 Å². The SMILES string of the molecule is CC(CCC(C(=O)OCCCCCCCCCCCCCOC(=O)C(CCC(C)CC(C)(C)C)C(C)CC(C)(C)C)C(C)CC(C)(C)C)CC(C)(C)C. The lowest BCUT2D eigenvalue weighted by atomic mass is 9.76. The molecular weight excluding hydrogens is 653 g/mol. The van der Waals surface area contributed by atoms with Gasteiger partial charge in [-0.3, -0.25) is 9.59 Å². The highest BCUT2D eigenvalue weighted by Crippen LogP contribution is 2.36. The Labute approximate surface area is 333 Å². The van der Waals surface area contributed by atoms with Crippen LogP contribution in [-0.2, 0) is 19.1 Å². The Kier molecular flexibility index (Phi) is 25.5. The zero-order chi connectivity index (χ0) is 40.9. The first-order valence-electron chi connectivity index (χ1n) is 22.6. The molecule has 0 saturated carbocycles. The van der Waals surface area contributed by atoms with Gasteiger partial charge in [0.05, 0.1) is 25.0 Å². The summed E-state index contributed by atoms with van der Waals surface area (Å²) in [6, 6.07) is 0. The van der Waals surface area contributed by atoms with E-state index in [0.717, 1.165) is 64.2 Å². The van der Waals surface area contributed by atoms with E-state index in [9.17, 15) is 9.59 Å². The van der Waals surface area contributed by atoms with E-state index in [4.69, 9.17) is 9.47 Å². The number of hydrogen-bond acceptors (Lipinski definition) is 4. The Bertz CT molecular complexity index is 864. The van der Waals surface area contributed by atoms with Crippen molar-refractivity contribution < 1.29 is 19.1 Å². The van der Waals surface area contributed by atoms with Gasteiger partial charge in [0.2, 0.25) is 0 Å². The second kappa shape index (κ2) is 26.0. The van der Waals surface area contributed by atoms with Crippen LogP contribution in [0, 0.1) is 57.2 Å². The van der Waals surface area contributed by atoms with Crippen molar-refractivity contribution in [2.24, 2.45) is 57.2 Å². The van der Waals surface area contributed by atoms with E-state index in [-0.39, 0.29) is 34.6 Å². The summed E-state index contributed by atoms with van der Waals surface area (Å²) in [7, 11) is 0. The average Bonchev–Trinajstić information content (AvgIpc) is 2.95. The predicted octanol–water partition coefficient (Wildman–Crippen LogP) is 15.4. The number of esters is 2. The molecule has 0 radical (unpaired) electrons. The van der Waals surface area contributed by atoms with E-state index >= 15 is 0 Å². The van der Waals surface area contributed by atoms with Crippen LogP contribution >= 0.6 is 0 Å². The molecule has 4 heteroatoms. The third kappa shape index (κ3) is 30.8. The van der Waals surface area contributed by atoms with Gasteiger partial charge in [0.15, 0.2) is 0 Å². The number of rotatable bonds is 28. The lowest BCUT2D eigenvalue weighted by Gasteiger charge is -2.30. The largest absolute Gasteiger partial charge is 0.465 e.